The molecule has 0 saturated heterocycles. The lowest BCUT2D eigenvalue weighted by Gasteiger charge is -2.23. The second kappa shape index (κ2) is 22.4. The minimum absolute atomic E-state index is 0. The van der Waals surface area contributed by atoms with Gasteiger partial charge in [0.2, 0.25) is 0 Å². The van der Waals surface area contributed by atoms with Crippen LogP contribution in [0, 0.1) is 13.8 Å². The molecule has 4 aromatic rings. The number of carbonyl (C=O) groups is 2. The summed E-state index contributed by atoms with van der Waals surface area (Å²) in [6.45, 7) is 16.7. The topological polar surface area (TPSA) is 198 Å². The molecule has 314 valence electrons. The third kappa shape index (κ3) is 20.0. The largest absolute Gasteiger partial charge is 0.419 e. The van der Waals surface area contributed by atoms with Crippen LogP contribution in [0.2, 0.25) is 10.0 Å². The molecule has 57 heavy (non-hydrogen) atoms. The maximum absolute atomic E-state index is 12.8. The van der Waals surface area contributed by atoms with E-state index in [1.165, 1.54) is 12.1 Å². The van der Waals surface area contributed by atoms with E-state index in [1.807, 2.05) is 79.7 Å². The number of carbonyl (C=O) groups excluding carboxylic acids is 2. The second-order valence-corrected chi connectivity index (χ2v) is 17.4. The summed E-state index contributed by atoms with van der Waals surface area (Å²) >= 11 is 11.8. The maximum atomic E-state index is 12.8. The Labute approximate surface area is 352 Å². The quantitative estimate of drug-likeness (QED) is 0.0388. The van der Waals surface area contributed by atoms with E-state index < -0.39 is 34.3 Å². The summed E-state index contributed by atoms with van der Waals surface area (Å²) in [5.41, 5.74) is 9.70. The third-order valence-electron chi connectivity index (χ3n) is 7.47. The highest BCUT2D eigenvalue weighted by atomic mass is 35.5. The summed E-state index contributed by atoms with van der Waals surface area (Å²) in [4.78, 5) is 25.5. The molecular weight excluding hydrogens is 817 g/mol. The van der Waals surface area contributed by atoms with Crippen LogP contribution in [-0.4, -0.2) is 65.5 Å². The van der Waals surface area contributed by atoms with Crippen molar-refractivity contribution in [2.75, 3.05) is 25.1 Å². The van der Waals surface area contributed by atoms with Crippen LogP contribution in [0.1, 0.15) is 96.7 Å². The zero-order valence-corrected chi connectivity index (χ0v) is 36.7. The number of aliphatic hydroxyl groups excluding tert-OH is 2. The van der Waals surface area contributed by atoms with Crippen LogP contribution in [0.5, 0.6) is 11.5 Å². The highest BCUT2D eigenvalue weighted by Gasteiger charge is 2.21. The van der Waals surface area contributed by atoms with E-state index in [-0.39, 0.29) is 35.0 Å². The standard InChI is InChI=1S/C28H31NO5.C12H18Cl2N2O.CH4O3S.ClH/c1-18-6-10-20(11-7-18)26(31)33-24-15-14-22(23(30)17-29-28(3,4)5)16-25(24)34-27(32)21-12-8-19(2)9-13-21;1-12(2,3)16-6-10(17)7-4-8(13)11(15)9(14)5-7;1-5(2,3)4;/h6-16,23,29-30H,17H2,1-5H3;4-5,10,16-17H,6,15H2,1-3H3;1H3,(H,2,3,4);1H. The average Bonchev–Trinajstić information content (AvgIpc) is 3.08. The van der Waals surface area contributed by atoms with Gasteiger partial charge in [0.15, 0.2) is 11.5 Å². The lowest BCUT2D eigenvalue weighted by atomic mass is 10.1. The first-order valence-electron chi connectivity index (χ1n) is 17.5. The molecule has 0 aliphatic heterocycles. The molecule has 12 nitrogen and oxygen atoms in total. The normalized spacial score (nSPS) is 12.4. The minimum atomic E-state index is -3.67. The number of benzene rings is 4. The number of hydrogen-bond donors (Lipinski definition) is 6. The average molecular weight is 871 g/mol. The zero-order valence-electron chi connectivity index (χ0n) is 33.5. The van der Waals surface area contributed by atoms with Crippen molar-refractivity contribution >= 4 is 63.4 Å². The Hall–Kier alpha value is -3.76. The van der Waals surface area contributed by atoms with E-state index in [4.69, 9.17) is 43.0 Å². The van der Waals surface area contributed by atoms with Gasteiger partial charge in [0.05, 0.1) is 45.3 Å². The monoisotopic (exact) mass is 869 g/mol. The molecule has 0 aromatic heterocycles. The van der Waals surface area contributed by atoms with Gasteiger partial charge >= 0.3 is 11.9 Å². The van der Waals surface area contributed by atoms with Crippen LogP contribution >= 0.6 is 35.6 Å². The van der Waals surface area contributed by atoms with Crippen molar-refractivity contribution in [1.29, 1.82) is 0 Å². The lowest BCUT2D eigenvalue weighted by Crippen LogP contribution is -2.38. The molecule has 0 aliphatic carbocycles. The molecule has 4 aromatic carbocycles. The summed E-state index contributed by atoms with van der Waals surface area (Å²) in [6, 6.07) is 21.9. The Morgan fingerprint density at radius 2 is 1.04 bits per heavy atom. The van der Waals surface area contributed by atoms with Crippen LogP contribution in [0.4, 0.5) is 5.69 Å². The molecule has 4 rings (SSSR count). The SMILES string of the molecule is CC(C)(C)NCC(O)c1cc(Cl)c(N)c(Cl)c1.CS(=O)(=O)O.Cc1ccc(C(=O)Oc2ccc(C(O)CNC(C)(C)C)cc2OC(=O)c2ccc(C)cc2)cc1.Cl. The Morgan fingerprint density at radius 3 is 1.40 bits per heavy atom. The molecule has 0 fully saturated rings. The fourth-order valence-electron chi connectivity index (χ4n) is 4.43. The number of nitrogens with two attached hydrogens (primary N) is 1. The molecule has 0 aliphatic rings. The van der Waals surface area contributed by atoms with Crippen molar-refractivity contribution in [3.8, 4) is 11.5 Å². The summed E-state index contributed by atoms with van der Waals surface area (Å²) < 4.78 is 37.0. The van der Waals surface area contributed by atoms with Gasteiger partial charge in [-0.2, -0.15) is 8.42 Å². The van der Waals surface area contributed by atoms with Crippen LogP contribution in [0.3, 0.4) is 0 Å². The minimum Gasteiger partial charge on any atom is -0.419 e. The third-order valence-corrected chi connectivity index (χ3v) is 8.10. The number of nitrogens with one attached hydrogen (secondary N) is 2. The number of β-amino-alcohol motifs (C(OH)–C–C–N with tert-alkyl or cyclic N) is 2. The number of ether oxygens (including phenoxy) is 2. The molecule has 0 bridgehead atoms. The summed E-state index contributed by atoms with van der Waals surface area (Å²) in [5.74, 6) is -1.02. The Bertz CT molecular complexity index is 2000. The Balaban J connectivity index is 0.000000589. The van der Waals surface area contributed by atoms with Gasteiger partial charge in [-0.05, 0) is 115 Å². The lowest BCUT2D eigenvalue weighted by molar-refractivity contribution is 0.0681. The zero-order chi connectivity index (χ0) is 42.6. The van der Waals surface area contributed by atoms with E-state index in [0.717, 1.165) is 11.1 Å². The van der Waals surface area contributed by atoms with Crippen LogP contribution in [0.15, 0.2) is 78.9 Å². The first kappa shape index (κ1) is 51.3. The van der Waals surface area contributed by atoms with Gasteiger partial charge < -0.3 is 36.1 Å². The van der Waals surface area contributed by atoms with Crippen LogP contribution < -0.4 is 25.8 Å². The molecule has 16 heteroatoms. The van der Waals surface area contributed by atoms with Gasteiger partial charge in [-0.1, -0.05) is 64.7 Å². The van der Waals surface area contributed by atoms with Crippen molar-refractivity contribution in [3.05, 3.63) is 122 Å². The molecule has 0 saturated carbocycles. The predicted molar refractivity (Wildman–Crippen MR) is 230 cm³/mol. The number of aryl methyl sites for hydroxylation is 2. The molecule has 2 unspecified atom stereocenters. The Kier molecular flexibility index (Phi) is 20.1. The van der Waals surface area contributed by atoms with Crippen molar-refractivity contribution in [3.63, 3.8) is 0 Å². The molecular formula is C41H54Cl3N3O9S. The van der Waals surface area contributed by atoms with Gasteiger partial charge in [0.25, 0.3) is 10.1 Å². The molecule has 2 atom stereocenters. The first-order valence-corrected chi connectivity index (χ1v) is 20.1. The van der Waals surface area contributed by atoms with Crippen molar-refractivity contribution in [2.45, 2.75) is 78.7 Å². The molecule has 0 radical (unpaired) electrons. The van der Waals surface area contributed by atoms with E-state index in [2.05, 4.69) is 10.6 Å². The Morgan fingerprint density at radius 1 is 0.684 bits per heavy atom. The molecule has 7 N–H and O–H groups in total. The van der Waals surface area contributed by atoms with Crippen LogP contribution in [0.25, 0.3) is 0 Å². The van der Waals surface area contributed by atoms with E-state index >= 15 is 0 Å². The number of rotatable bonds is 10. The summed E-state index contributed by atoms with van der Waals surface area (Å²) in [6.07, 6.45) is -0.796. The van der Waals surface area contributed by atoms with E-state index in [9.17, 15) is 28.2 Å². The number of nitrogen functional groups attached to an aromatic ring is 1. The highest BCUT2D eigenvalue weighted by molar-refractivity contribution is 7.85. The first-order chi connectivity index (χ1) is 25.7. The fourth-order valence-corrected chi connectivity index (χ4v) is 4.93. The number of hydrogen-bond acceptors (Lipinski definition) is 11. The number of halogens is 3. The van der Waals surface area contributed by atoms with Crippen molar-refractivity contribution < 1.29 is 42.2 Å². The number of anilines is 1. The smallest absolute Gasteiger partial charge is 0.343 e. The van der Waals surface area contributed by atoms with Crippen molar-refractivity contribution in [2.24, 2.45) is 0 Å². The van der Waals surface area contributed by atoms with Crippen LogP contribution in [-0.2, 0) is 10.1 Å². The predicted octanol–water partition coefficient (Wildman–Crippen LogP) is 8.09. The van der Waals surface area contributed by atoms with Gasteiger partial charge in [0, 0.05) is 24.2 Å². The highest BCUT2D eigenvalue weighted by Crippen LogP contribution is 2.33. The number of aliphatic hydroxyl groups is 2. The second-order valence-electron chi connectivity index (χ2n) is 15.1. The van der Waals surface area contributed by atoms with Gasteiger partial charge in [-0.3, -0.25) is 4.55 Å². The van der Waals surface area contributed by atoms with Crippen molar-refractivity contribution in [1.82, 2.24) is 10.6 Å². The van der Waals surface area contributed by atoms with Gasteiger partial charge in [0.1, 0.15) is 0 Å². The van der Waals surface area contributed by atoms with E-state index in [1.54, 1.807) is 42.5 Å². The molecule has 0 amide bonds. The number of esters is 2. The summed E-state index contributed by atoms with van der Waals surface area (Å²) in [7, 11) is -3.67. The maximum Gasteiger partial charge on any atom is 0.343 e. The molecule has 0 spiro atoms. The van der Waals surface area contributed by atoms with Gasteiger partial charge in [-0.25, -0.2) is 9.59 Å². The van der Waals surface area contributed by atoms with Gasteiger partial charge in [-0.15, -0.1) is 12.4 Å². The summed E-state index contributed by atoms with van der Waals surface area (Å²) in [5, 5.41) is 27.8. The fraction of sp³-hybridized carbons (Fsp3) is 0.366. The van der Waals surface area contributed by atoms with E-state index in [0.29, 0.717) is 57.3 Å². The molecule has 0 heterocycles.